The van der Waals surface area contributed by atoms with Crippen molar-refractivity contribution < 1.29 is 19.8 Å². The molecule has 2 fully saturated rings. The van der Waals surface area contributed by atoms with Crippen LogP contribution in [0.3, 0.4) is 0 Å². The molecule has 2 aliphatic heterocycles. The van der Waals surface area contributed by atoms with Crippen LogP contribution in [0.15, 0.2) is 60.9 Å². The molecule has 1 atom stereocenters. The second kappa shape index (κ2) is 14.9. The largest absolute Gasteiger partial charge is 0.481 e. The fourth-order valence-electron chi connectivity index (χ4n) is 8.68. The number of fused-ring (bicyclic) bond motifs is 2. The third-order valence-electron chi connectivity index (χ3n) is 11.8. The molecule has 2 aromatic carbocycles. The van der Waals surface area contributed by atoms with Gasteiger partial charge in [-0.15, -0.1) is 0 Å². The summed E-state index contributed by atoms with van der Waals surface area (Å²) < 4.78 is 1.93. The fraction of sp³-hybridized carbons (Fsp3) is 0.405. The van der Waals surface area contributed by atoms with Gasteiger partial charge >= 0.3 is 5.97 Å². The number of β-amino-alcohol motifs (C(OH)–C–C–N with tert-alkyl or cyclic N) is 1. The molecule has 0 bridgehead atoms. The summed E-state index contributed by atoms with van der Waals surface area (Å²) in [7, 11) is 1.92. The minimum atomic E-state index is -0.686. The Balaban J connectivity index is 0.978. The molecule has 0 unspecified atom stereocenters. The number of aliphatic hydroxyl groups is 1. The zero-order valence-corrected chi connectivity index (χ0v) is 31.2. The van der Waals surface area contributed by atoms with Crippen molar-refractivity contribution in [2.75, 3.05) is 30.3 Å². The summed E-state index contributed by atoms with van der Waals surface area (Å²) in [5, 5.41) is 27.1. The Bertz CT molecular complexity index is 2230. The van der Waals surface area contributed by atoms with Gasteiger partial charge < -0.3 is 25.4 Å². The normalized spacial score (nSPS) is 20.6. The highest BCUT2D eigenvalue weighted by atomic mass is 16.4. The molecule has 54 heavy (non-hydrogen) atoms. The van der Waals surface area contributed by atoms with Gasteiger partial charge in [0.2, 0.25) is 0 Å². The smallest absolute Gasteiger partial charge is 0.306 e. The lowest BCUT2D eigenvalue weighted by molar-refractivity contribution is -0.143. The van der Waals surface area contributed by atoms with Gasteiger partial charge in [0.25, 0.3) is 5.91 Å². The SMILES string of the molecule is Cc1c(NC(=O)c2nc3c(n2C)CCN(C2CCC(C(=O)O)CC2)C3)cccc1-c1cccc(Nc2nccc3cc(CN4CC[C@@H](O)C4)cnc23)c1C. The van der Waals surface area contributed by atoms with Crippen molar-refractivity contribution in [2.45, 2.75) is 77.6 Å². The molecule has 5 heterocycles. The van der Waals surface area contributed by atoms with Gasteiger partial charge in [-0.1, -0.05) is 24.3 Å². The zero-order valence-electron chi connectivity index (χ0n) is 31.2. The third-order valence-corrected chi connectivity index (χ3v) is 11.8. The van der Waals surface area contributed by atoms with Crippen LogP contribution in [0.5, 0.6) is 0 Å². The van der Waals surface area contributed by atoms with Gasteiger partial charge in [-0.05, 0) is 98.0 Å². The van der Waals surface area contributed by atoms with Crippen molar-refractivity contribution in [3.63, 3.8) is 0 Å². The van der Waals surface area contributed by atoms with E-state index in [1.165, 1.54) is 0 Å². The predicted molar refractivity (Wildman–Crippen MR) is 209 cm³/mol. The van der Waals surface area contributed by atoms with Crippen LogP contribution in [0.25, 0.3) is 22.0 Å². The Morgan fingerprint density at radius 1 is 0.926 bits per heavy atom. The molecule has 4 N–H and O–H groups in total. The molecule has 5 aromatic rings. The lowest BCUT2D eigenvalue weighted by atomic mass is 9.85. The Labute approximate surface area is 315 Å². The zero-order chi connectivity index (χ0) is 37.5. The number of anilines is 3. The van der Waals surface area contributed by atoms with E-state index >= 15 is 0 Å². The van der Waals surface area contributed by atoms with Crippen LogP contribution in [0.2, 0.25) is 0 Å². The molecule has 1 saturated carbocycles. The van der Waals surface area contributed by atoms with Crippen molar-refractivity contribution in [1.82, 2.24) is 29.3 Å². The minimum absolute atomic E-state index is 0.236. The van der Waals surface area contributed by atoms with Crippen LogP contribution in [0.1, 0.15) is 70.8 Å². The van der Waals surface area contributed by atoms with Crippen LogP contribution in [-0.4, -0.2) is 83.2 Å². The predicted octanol–water partition coefficient (Wildman–Crippen LogP) is 6.21. The van der Waals surface area contributed by atoms with E-state index in [0.29, 0.717) is 43.6 Å². The number of amides is 1. The molecule has 1 aliphatic carbocycles. The van der Waals surface area contributed by atoms with E-state index in [2.05, 4.69) is 50.5 Å². The maximum absolute atomic E-state index is 13.8. The molecule has 0 spiro atoms. The maximum Gasteiger partial charge on any atom is 0.306 e. The number of carbonyl (C=O) groups excluding carboxylic acids is 1. The highest BCUT2D eigenvalue weighted by Gasteiger charge is 2.33. The summed E-state index contributed by atoms with van der Waals surface area (Å²) in [4.78, 5) is 44.2. The number of nitrogens with zero attached hydrogens (tertiary/aromatic N) is 6. The average Bonchev–Trinajstić information content (AvgIpc) is 3.74. The second-order valence-corrected chi connectivity index (χ2v) is 15.2. The first kappa shape index (κ1) is 35.8. The first-order chi connectivity index (χ1) is 26.1. The quantitative estimate of drug-likeness (QED) is 0.138. The van der Waals surface area contributed by atoms with Crippen molar-refractivity contribution in [3.8, 4) is 11.1 Å². The van der Waals surface area contributed by atoms with Crippen LogP contribution in [-0.2, 0) is 31.4 Å². The monoisotopic (exact) mass is 728 g/mol. The van der Waals surface area contributed by atoms with Crippen LogP contribution >= 0.6 is 0 Å². The molecular weight excluding hydrogens is 681 g/mol. The third kappa shape index (κ3) is 7.08. The summed E-state index contributed by atoms with van der Waals surface area (Å²) in [6.45, 7) is 8.00. The Morgan fingerprint density at radius 2 is 1.67 bits per heavy atom. The minimum Gasteiger partial charge on any atom is -0.481 e. The van der Waals surface area contributed by atoms with Crippen LogP contribution in [0.4, 0.5) is 17.2 Å². The standard InChI is InChI=1S/C42H48N8O4/c1-25-32(6-4-8-34(25)45-39-38-29(14-17-43-39)20-27(21-44-38)22-49-18-15-31(51)23-49)33-7-5-9-35(26(33)2)47-41(52)40-46-36-24-50(19-16-37(36)48(40)3)30-12-10-28(11-13-30)42(53)54/h4-9,14,17,20-21,28,30-31,51H,10-13,15-16,18-19,22-24H2,1-3H3,(H,43,45)(H,47,52)(H,53,54)/t28?,30?,31-/m1/s1. The first-order valence-corrected chi connectivity index (χ1v) is 19.1. The molecule has 1 amide bonds. The number of hydrogen-bond acceptors (Lipinski definition) is 9. The number of aliphatic carboxylic acids is 1. The van der Waals surface area contributed by atoms with Gasteiger partial charge in [-0.2, -0.15) is 0 Å². The maximum atomic E-state index is 13.8. The number of pyridine rings is 2. The highest BCUT2D eigenvalue weighted by molar-refractivity contribution is 6.03. The summed E-state index contributed by atoms with van der Waals surface area (Å²) in [6.07, 6.45) is 8.25. The Hall–Kier alpha value is -5.17. The Morgan fingerprint density at radius 3 is 2.39 bits per heavy atom. The van der Waals surface area contributed by atoms with E-state index in [0.717, 1.165) is 107 Å². The van der Waals surface area contributed by atoms with Gasteiger partial charge in [0.1, 0.15) is 5.52 Å². The number of rotatable bonds is 9. The van der Waals surface area contributed by atoms with Gasteiger partial charge in [-0.3, -0.25) is 24.4 Å². The van der Waals surface area contributed by atoms with Gasteiger partial charge in [-0.25, -0.2) is 9.97 Å². The molecule has 280 valence electrons. The summed E-state index contributed by atoms with van der Waals surface area (Å²) in [5.74, 6) is -0.0973. The van der Waals surface area contributed by atoms with E-state index < -0.39 is 5.97 Å². The van der Waals surface area contributed by atoms with E-state index in [1.807, 2.05) is 55.1 Å². The molecule has 12 heteroatoms. The summed E-state index contributed by atoms with van der Waals surface area (Å²) in [6, 6.07) is 16.6. The van der Waals surface area contributed by atoms with E-state index in [9.17, 15) is 19.8 Å². The molecular formula is C42H48N8O4. The van der Waals surface area contributed by atoms with E-state index in [1.54, 1.807) is 6.20 Å². The first-order valence-electron chi connectivity index (χ1n) is 19.1. The van der Waals surface area contributed by atoms with Crippen LogP contribution < -0.4 is 10.6 Å². The summed E-state index contributed by atoms with van der Waals surface area (Å²) >= 11 is 0. The molecule has 12 nitrogen and oxygen atoms in total. The number of carbonyl (C=O) groups is 2. The summed E-state index contributed by atoms with van der Waals surface area (Å²) in [5.41, 5.74) is 9.62. The number of likely N-dealkylation sites (tertiary alicyclic amines) is 1. The Kier molecular flexibility index (Phi) is 9.91. The van der Waals surface area contributed by atoms with Gasteiger partial charge in [0, 0.05) is 87.1 Å². The number of carboxylic acid groups (broad SMARTS) is 1. The van der Waals surface area contributed by atoms with Gasteiger partial charge in [0.05, 0.1) is 17.7 Å². The van der Waals surface area contributed by atoms with Crippen molar-refractivity contribution in [3.05, 3.63) is 94.8 Å². The molecule has 3 aliphatic rings. The average molecular weight is 729 g/mol. The molecule has 8 rings (SSSR count). The van der Waals surface area contributed by atoms with Crippen molar-refractivity contribution in [1.29, 1.82) is 0 Å². The van der Waals surface area contributed by atoms with E-state index in [-0.39, 0.29) is 17.9 Å². The lowest BCUT2D eigenvalue weighted by Crippen LogP contribution is -2.42. The number of aliphatic hydroxyl groups excluding tert-OH is 1. The van der Waals surface area contributed by atoms with E-state index in [4.69, 9.17) is 9.97 Å². The highest BCUT2D eigenvalue weighted by Crippen LogP contribution is 2.36. The number of imidazole rings is 1. The second-order valence-electron chi connectivity index (χ2n) is 15.2. The van der Waals surface area contributed by atoms with Gasteiger partial charge in [0.15, 0.2) is 11.6 Å². The topological polar surface area (TPSA) is 149 Å². The van der Waals surface area contributed by atoms with Crippen molar-refractivity contribution >= 4 is 40.0 Å². The molecule has 0 radical (unpaired) electrons. The fourth-order valence-corrected chi connectivity index (χ4v) is 8.68. The van der Waals surface area contributed by atoms with Crippen molar-refractivity contribution in [2.24, 2.45) is 13.0 Å². The number of nitrogens with one attached hydrogen (secondary N) is 2. The van der Waals surface area contributed by atoms with Crippen LogP contribution in [0, 0.1) is 19.8 Å². The number of carboxylic acids is 1. The molecule has 3 aromatic heterocycles. The lowest BCUT2D eigenvalue weighted by Gasteiger charge is -2.37. The number of aromatic nitrogens is 4. The number of benzene rings is 2. The number of hydrogen-bond donors (Lipinski definition) is 4. The molecule has 1 saturated heterocycles.